The van der Waals surface area contributed by atoms with Gasteiger partial charge in [-0.05, 0) is 24.1 Å². The van der Waals surface area contributed by atoms with Crippen molar-refractivity contribution in [2.75, 3.05) is 17.9 Å². The molecular weight excluding hydrogens is 328 g/mol. The molecule has 1 aromatic carbocycles. The van der Waals surface area contributed by atoms with E-state index in [2.05, 4.69) is 19.7 Å². The maximum atomic E-state index is 12.7. The number of aromatic amines is 1. The summed E-state index contributed by atoms with van der Waals surface area (Å²) < 4.78 is 33.4. The number of fused-ring (bicyclic) bond motifs is 1. The van der Waals surface area contributed by atoms with Gasteiger partial charge in [0.05, 0.1) is 12.0 Å². The number of aromatic nitrogens is 3. The van der Waals surface area contributed by atoms with E-state index in [0.717, 1.165) is 18.6 Å². The van der Waals surface area contributed by atoms with E-state index in [1.165, 1.54) is 18.7 Å². The van der Waals surface area contributed by atoms with Crippen molar-refractivity contribution in [3.63, 3.8) is 0 Å². The highest BCUT2D eigenvalue weighted by Gasteiger charge is 2.21. The third kappa shape index (κ3) is 2.74. The van der Waals surface area contributed by atoms with E-state index >= 15 is 0 Å². The normalized spacial score (nSPS) is 18.1. The number of rotatable bonds is 4. The standard InChI is InChI=1S/C16H16N4O3S/c21-24(22,15-8-18-16-14(15)7-17-10-19-16)20-13-3-1-2-11(6-13)12-4-5-23-9-12/h1-3,6-8,10,12,20H,4-5,9H2,(H,17,18,19). The van der Waals surface area contributed by atoms with Crippen LogP contribution in [0.4, 0.5) is 5.69 Å². The van der Waals surface area contributed by atoms with Gasteiger partial charge >= 0.3 is 0 Å². The Morgan fingerprint density at radius 3 is 3.08 bits per heavy atom. The van der Waals surface area contributed by atoms with Crippen LogP contribution in [0.5, 0.6) is 0 Å². The molecule has 1 unspecified atom stereocenters. The van der Waals surface area contributed by atoms with Crippen LogP contribution in [0.15, 0.2) is 47.9 Å². The number of H-pyrrole nitrogens is 1. The number of ether oxygens (including phenoxy) is 1. The molecule has 24 heavy (non-hydrogen) atoms. The molecule has 4 rings (SSSR count). The van der Waals surface area contributed by atoms with Crippen LogP contribution in [0.3, 0.4) is 0 Å². The van der Waals surface area contributed by atoms with Gasteiger partial charge in [0.1, 0.15) is 16.9 Å². The summed E-state index contributed by atoms with van der Waals surface area (Å²) in [6.07, 6.45) is 5.24. The van der Waals surface area contributed by atoms with Gasteiger partial charge in [0.25, 0.3) is 10.0 Å². The van der Waals surface area contributed by atoms with Crippen LogP contribution in [-0.2, 0) is 14.8 Å². The van der Waals surface area contributed by atoms with Gasteiger partial charge in [-0.3, -0.25) is 4.72 Å². The summed E-state index contributed by atoms with van der Waals surface area (Å²) in [6.45, 7) is 1.42. The first-order chi connectivity index (χ1) is 11.6. The third-order valence-corrected chi connectivity index (χ3v) is 5.57. The molecule has 1 aliphatic rings. The molecule has 0 spiro atoms. The summed E-state index contributed by atoms with van der Waals surface area (Å²) in [6, 6.07) is 7.45. The topological polar surface area (TPSA) is 97.0 Å². The zero-order chi connectivity index (χ0) is 16.6. The molecule has 2 aromatic heterocycles. The molecule has 0 aliphatic carbocycles. The van der Waals surface area contributed by atoms with E-state index < -0.39 is 10.0 Å². The summed E-state index contributed by atoms with van der Waals surface area (Å²) in [5.74, 6) is 0.316. The minimum absolute atomic E-state index is 0.132. The number of hydrogen-bond acceptors (Lipinski definition) is 5. The molecule has 3 aromatic rings. The molecule has 8 heteroatoms. The van der Waals surface area contributed by atoms with Gasteiger partial charge in [-0.2, -0.15) is 0 Å². The lowest BCUT2D eigenvalue weighted by Gasteiger charge is -2.12. The van der Waals surface area contributed by atoms with E-state index in [1.54, 1.807) is 6.07 Å². The number of nitrogens with one attached hydrogen (secondary N) is 2. The van der Waals surface area contributed by atoms with E-state index in [1.807, 2.05) is 18.2 Å². The fourth-order valence-electron chi connectivity index (χ4n) is 2.92. The lowest BCUT2D eigenvalue weighted by atomic mass is 9.98. The van der Waals surface area contributed by atoms with Gasteiger partial charge in [-0.25, -0.2) is 18.4 Å². The molecule has 0 radical (unpaired) electrons. The van der Waals surface area contributed by atoms with E-state index in [9.17, 15) is 8.42 Å². The fourth-order valence-corrected chi connectivity index (χ4v) is 4.12. The van der Waals surface area contributed by atoms with E-state index in [-0.39, 0.29) is 4.90 Å². The van der Waals surface area contributed by atoms with Crippen LogP contribution in [0.1, 0.15) is 17.9 Å². The van der Waals surface area contributed by atoms with Crippen LogP contribution in [0.25, 0.3) is 11.0 Å². The lowest BCUT2D eigenvalue weighted by molar-refractivity contribution is 0.194. The molecule has 1 saturated heterocycles. The SMILES string of the molecule is O=S(=O)(Nc1cccc(C2CCOC2)c1)c1c[nH]c2ncncc12. The average molecular weight is 344 g/mol. The van der Waals surface area contributed by atoms with Crippen LogP contribution in [-0.4, -0.2) is 36.6 Å². The molecule has 0 amide bonds. The zero-order valence-electron chi connectivity index (χ0n) is 12.8. The predicted octanol–water partition coefficient (Wildman–Crippen LogP) is 2.26. The third-order valence-electron chi connectivity index (χ3n) is 4.15. The highest BCUT2D eigenvalue weighted by atomic mass is 32.2. The molecular formula is C16H16N4O3S. The van der Waals surface area contributed by atoms with Crippen molar-refractivity contribution in [2.24, 2.45) is 0 Å². The summed E-state index contributed by atoms with van der Waals surface area (Å²) in [4.78, 5) is 10.9. The van der Waals surface area contributed by atoms with Crippen molar-refractivity contribution in [3.05, 3.63) is 48.5 Å². The Labute approximate surface area is 139 Å². The quantitative estimate of drug-likeness (QED) is 0.757. The number of hydrogen-bond donors (Lipinski definition) is 2. The molecule has 0 saturated carbocycles. The Kier molecular flexibility index (Phi) is 3.70. The van der Waals surface area contributed by atoms with Crippen molar-refractivity contribution >= 4 is 26.7 Å². The van der Waals surface area contributed by atoms with Gasteiger partial charge in [-0.1, -0.05) is 12.1 Å². The Morgan fingerprint density at radius 2 is 2.25 bits per heavy atom. The molecule has 0 bridgehead atoms. The van der Waals surface area contributed by atoms with E-state index in [0.29, 0.717) is 29.2 Å². The first-order valence-electron chi connectivity index (χ1n) is 7.61. The largest absolute Gasteiger partial charge is 0.381 e. The van der Waals surface area contributed by atoms with Crippen LogP contribution >= 0.6 is 0 Å². The second kappa shape index (κ2) is 5.88. The minimum atomic E-state index is -3.73. The predicted molar refractivity (Wildman–Crippen MR) is 89.3 cm³/mol. The van der Waals surface area contributed by atoms with E-state index in [4.69, 9.17) is 4.74 Å². The van der Waals surface area contributed by atoms with Crippen molar-refractivity contribution < 1.29 is 13.2 Å². The van der Waals surface area contributed by atoms with Gasteiger partial charge in [-0.15, -0.1) is 0 Å². The molecule has 1 fully saturated rings. The first kappa shape index (κ1) is 15.1. The van der Waals surface area contributed by atoms with Gasteiger partial charge in [0.15, 0.2) is 0 Å². The molecule has 7 nitrogen and oxygen atoms in total. The second-order valence-electron chi connectivity index (χ2n) is 5.73. The fraction of sp³-hybridized carbons (Fsp3) is 0.250. The monoisotopic (exact) mass is 344 g/mol. The second-order valence-corrected chi connectivity index (χ2v) is 7.38. The number of nitrogens with zero attached hydrogens (tertiary/aromatic N) is 2. The maximum absolute atomic E-state index is 12.7. The Balaban J connectivity index is 1.65. The van der Waals surface area contributed by atoms with Crippen molar-refractivity contribution in [1.82, 2.24) is 15.0 Å². The zero-order valence-corrected chi connectivity index (χ0v) is 13.6. The molecule has 124 valence electrons. The first-order valence-corrected chi connectivity index (χ1v) is 9.09. The van der Waals surface area contributed by atoms with Crippen molar-refractivity contribution in [2.45, 2.75) is 17.2 Å². The molecule has 1 atom stereocenters. The minimum Gasteiger partial charge on any atom is -0.381 e. The van der Waals surface area contributed by atoms with Gasteiger partial charge < -0.3 is 9.72 Å². The van der Waals surface area contributed by atoms with Crippen molar-refractivity contribution in [3.8, 4) is 0 Å². The van der Waals surface area contributed by atoms with Gasteiger partial charge in [0.2, 0.25) is 0 Å². The lowest BCUT2D eigenvalue weighted by Crippen LogP contribution is -2.13. The number of anilines is 1. The molecule has 2 N–H and O–H groups in total. The van der Waals surface area contributed by atoms with Crippen molar-refractivity contribution in [1.29, 1.82) is 0 Å². The summed E-state index contributed by atoms with van der Waals surface area (Å²) in [7, 11) is -3.73. The summed E-state index contributed by atoms with van der Waals surface area (Å²) in [5.41, 5.74) is 2.10. The summed E-state index contributed by atoms with van der Waals surface area (Å²) in [5, 5.41) is 0.463. The average Bonchev–Trinajstić information content (AvgIpc) is 3.25. The van der Waals surface area contributed by atoms with Crippen LogP contribution in [0.2, 0.25) is 0 Å². The smallest absolute Gasteiger partial charge is 0.264 e. The Hall–Kier alpha value is -2.45. The Morgan fingerprint density at radius 1 is 1.33 bits per heavy atom. The molecule has 3 heterocycles. The highest BCUT2D eigenvalue weighted by molar-refractivity contribution is 7.93. The number of benzene rings is 1. The van der Waals surface area contributed by atoms with Crippen LogP contribution in [0, 0.1) is 0 Å². The van der Waals surface area contributed by atoms with Gasteiger partial charge in [0, 0.05) is 30.6 Å². The maximum Gasteiger partial charge on any atom is 0.264 e. The van der Waals surface area contributed by atoms with Crippen LogP contribution < -0.4 is 4.72 Å². The number of sulfonamides is 1. The highest BCUT2D eigenvalue weighted by Crippen LogP contribution is 2.28. The Bertz CT molecular complexity index is 978. The molecule has 1 aliphatic heterocycles. The summed E-state index contributed by atoms with van der Waals surface area (Å²) >= 11 is 0.